The Morgan fingerprint density at radius 3 is 2.79 bits per heavy atom. The molecule has 2 aromatic heterocycles. The van der Waals surface area contributed by atoms with Crippen molar-refractivity contribution in [2.75, 3.05) is 5.32 Å². The average Bonchev–Trinajstić information content (AvgIpc) is 2.88. The van der Waals surface area contributed by atoms with Crippen molar-refractivity contribution in [3.8, 4) is 0 Å². The molecule has 2 aromatic rings. The molecule has 0 aromatic carbocycles. The van der Waals surface area contributed by atoms with Crippen molar-refractivity contribution < 1.29 is 4.79 Å². The number of carbonyl (C=O) groups excluding carboxylic acids is 1. The van der Waals surface area contributed by atoms with Gasteiger partial charge in [-0.2, -0.15) is 11.3 Å². The van der Waals surface area contributed by atoms with E-state index in [1.54, 1.807) is 11.3 Å². The third-order valence-corrected chi connectivity index (χ3v) is 3.68. The summed E-state index contributed by atoms with van der Waals surface area (Å²) in [7, 11) is 0. The Hall–Kier alpha value is -1.47. The lowest BCUT2D eigenvalue weighted by Crippen LogP contribution is -2.43. The van der Waals surface area contributed by atoms with E-state index in [4.69, 9.17) is 0 Å². The van der Waals surface area contributed by atoms with Gasteiger partial charge < -0.3 is 5.32 Å². The largest absolute Gasteiger partial charge is 0.333 e. The molecule has 0 unspecified atom stereocenters. The zero-order valence-corrected chi connectivity index (χ0v) is 12.7. The SMILES string of the molecule is CC(C)(C)NC(=O)Nc1nnc(Cc2ccsc2)s1. The fourth-order valence-electron chi connectivity index (χ4n) is 1.41. The summed E-state index contributed by atoms with van der Waals surface area (Å²) in [5, 5.41) is 19.1. The first-order chi connectivity index (χ1) is 8.92. The van der Waals surface area contributed by atoms with Crippen LogP contribution in [0.5, 0.6) is 0 Å². The fourth-order valence-corrected chi connectivity index (χ4v) is 2.85. The summed E-state index contributed by atoms with van der Waals surface area (Å²) in [6, 6.07) is 1.80. The van der Waals surface area contributed by atoms with Gasteiger partial charge in [0.25, 0.3) is 0 Å². The minimum Gasteiger partial charge on any atom is -0.333 e. The molecule has 102 valence electrons. The topological polar surface area (TPSA) is 66.9 Å². The second-order valence-corrected chi connectivity index (χ2v) is 6.98. The number of aromatic nitrogens is 2. The molecule has 0 atom stereocenters. The summed E-state index contributed by atoms with van der Waals surface area (Å²) in [5.74, 6) is 0. The average molecular weight is 296 g/mol. The van der Waals surface area contributed by atoms with Crippen molar-refractivity contribution in [2.45, 2.75) is 32.7 Å². The van der Waals surface area contributed by atoms with Crippen LogP contribution in [0.1, 0.15) is 31.3 Å². The van der Waals surface area contributed by atoms with Gasteiger partial charge in [0, 0.05) is 12.0 Å². The molecule has 0 aliphatic rings. The standard InChI is InChI=1S/C12H16N4OS2/c1-12(2,3)14-10(17)13-11-16-15-9(19-11)6-8-4-5-18-7-8/h4-5,7H,6H2,1-3H3,(H2,13,14,16,17). The van der Waals surface area contributed by atoms with E-state index in [1.165, 1.54) is 16.9 Å². The van der Waals surface area contributed by atoms with Crippen LogP contribution in [0, 0.1) is 0 Å². The predicted octanol–water partition coefficient (Wildman–Crippen LogP) is 3.11. The molecule has 2 amide bonds. The van der Waals surface area contributed by atoms with Gasteiger partial charge >= 0.3 is 6.03 Å². The summed E-state index contributed by atoms with van der Waals surface area (Å²) in [4.78, 5) is 11.7. The molecular formula is C12H16N4OS2. The van der Waals surface area contributed by atoms with Crippen molar-refractivity contribution in [3.05, 3.63) is 27.4 Å². The number of rotatable bonds is 3. The molecule has 2 N–H and O–H groups in total. The van der Waals surface area contributed by atoms with Crippen LogP contribution >= 0.6 is 22.7 Å². The van der Waals surface area contributed by atoms with Crippen molar-refractivity contribution >= 4 is 33.8 Å². The third-order valence-electron chi connectivity index (χ3n) is 2.11. The maximum absolute atomic E-state index is 11.7. The highest BCUT2D eigenvalue weighted by molar-refractivity contribution is 7.15. The Labute approximate surface area is 120 Å². The number of amides is 2. The number of nitrogens with zero attached hydrogens (tertiary/aromatic N) is 2. The minimum atomic E-state index is -0.270. The van der Waals surface area contributed by atoms with Gasteiger partial charge in [0.05, 0.1) is 0 Å². The Bertz CT molecular complexity index is 542. The molecule has 0 saturated heterocycles. The summed E-state index contributed by atoms with van der Waals surface area (Å²) >= 11 is 3.06. The first-order valence-electron chi connectivity index (χ1n) is 5.85. The normalized spacial score (nSPS) is 11.3. The van der Waals surface area contributed by atoms with E-state index in [0.717, 1.165) is 11.4 Å². The quantitative estimate of drug-likeness (QED) is 0.914. The lowest BCUT2D eigenvalue weighted by molar-refractivity contribution is 0.244. The molecule has 2 heterocycles. The highest BCUT2D eigenvalue weighted by Gasteiger charge is 2.15. The first-order valence-corrected chi connectivity index (χ1v) is 7.61. The van der Waals surface area contributed by atoms with E-state index < -0.39 is 0 Å². The number of hydrogen-bond acceptors (Lipinski definition) is 5. The lowest BCUT2D eigenvalue weighted by Gasteiger charge is -2.19. The third kappa shape index (κ3) is 4.60. The summed E-state index contributed by atoms with van der Waals surface area (Å²) in [6.45, 7) is 5.78. The van der Waals surface area contributed by atoms with E-state index >= 15 is 0 Å². The number of urea groups is 1. The Morgan fingerprint density at radius 2 is 2.16 bits per heavy atom. The lowest BCUT2D eigenvalue weighted by atomic mass is 10.1. The van der Waals surface area contributed by atoms with E-state index in [2.05, 4.69) is 32.3 Å². The van der Waals surface area contributed by atoms with E-state index in [0.29, 0.717) is 5.13 Å². The Kier molecular flexibility index (Phi) is 4.16. The number of thiophene rings is 1. The molecule has 0 aliphatic carbocycles. The molecule has 0 saturated carbocycles. The molecule has 2 rings (SSSR count). The van der Waals surface area contributed by atoms with Gasteiger partial charge in [-0.3, -0.25) is 5.32 Å². The van der Waals surface area contributed by atoms with E-state index in [1.807, 2.05) is 26.2 Å². The zero-order chi connectivity index (χ0) is 13.9. The van der Waals surface area contributed by atoms with Gasteiger partial charge in [0.15, 0.2) is 0 Å². The van der Waals surface area contributed by atoms with Gasteiger partial charge in [-0.05, 0) is 43.2 Å². The first kappa shape index (κ1) is 14.0. The fraction of sp³-hybridized carbons (Fsp3) is 0.417. The highest BCUT2D eigenvalue weighted by atomic mass is 32.1. The van der Waals surface area contributed by atoms with Crippen molar-refractivity contribution in [2.24, 2.45) is 0 Å². The zero-order valence-electron chi connectivity index (χ0n) is 11.1. The number of hydrogen-bond donors (Lipinski definition) is 2. The second-order valence-electron chi connectivity index (χ2n) is 5.14. The summed E-state index contributed by atoms with van der Waals surface area (Å²) < 4.78 is 0. The van der Waals surface area contributed by atoms with Gasteiger partial charge in [-0.15, -0.1) is 10.2 Å². The van der Waals surface area contributed by atoms with Crippen LogP contribution in [0.3, 0.4) is 0 Å². The van der Waals surface area contributed by atoms with Gasteiger partial charge in [-0.25, -0.2) is 4.79 Å². The Morgan fingerprint density at radius 1 is 1.37 bits per heavy atom. The molecule has 0 spiro atoms. The second kappa shape index (κ2) is 5.66. The molecule has 19 heavy (non-hydrogen) atoms. The van der Waals surface area contributed by atoms with Crippen LogP contribution in [0.2, 0.25) is 0 Å². The van der Waals surface area contributed by atoms with Crippen LogP contribution in [0.4, 0.5) is 9.93 Å². The van der Waals surface area contributed by atoms with Crippen LogP contribution in [-0.2, 0) is 6.42 Å². The van der Waals surface area contributed by atoms with Crippen LogP contribution in [0.15, 0.2) is 16.8 Å². The minimum absolute atomic E-state index is 0.259. The van der Waals surface area contributed by atoms with Crippen molar-refractivity contribution in [1.29, 1.82) is 0 Å². The van der Waals surface area contributed by atoms with Crippen LogP contribution in [0.25, 0.3) is 0 Å². The maximum Gasteiger partial charge on any atom is 0.321 e. The predicted molar refractivity (Wildman–Crippen MR) is 78.9 cm³/mol. The number of nitrogens with one attached hydrogen (secondary N) is 2. The van der Waals surface area contributed by atoms with Crippen LogP contribution < -0.4 is 10.6 Å². The molecule has 0 bridgehead atoms. The summed E-state index contributed by atoms with van der Waals surface area (Å²) in [5.41, 5.74) is 0.945. The number of carbonyl (C=O) groups is 1. The van der Waals surface area contributed by atoms with Gasteiger partial charge in [0.2, 0.25) is 5.13 Å². The smallest absolute Gasteiger partial charge is 0.321 e. The van der Waals surface area contributed by atoms with E-state index in [-0.39, 0.29) is 11.6 Å². The van der Waals surface area contributed by atoms with Gasteiger partial charge in [0.1, 0.15) is 5.01 Å². The van der Waals surface area contributed by atoms with Gasteiger partial charge in [-0.1, -0.05) is 11.3 Å². The van der Waals surface area contributed by atoms with Crippen LogP contribution in [-0.4, -0.2) is 21.8 Å². The molecular weight excluding hydrogens is 280 g/mol. The van der Waals surface area contributed by atoms with Crippen molar-refractivity contribution in [1.82, 2.24) is 15.5 Å². The molecule has 0 radical (unpaired) electrons. The van der Waals surface area contributed by atoms with Crippen molar-refractivity contribution in [3.63, 3.8) is 0 Å². The Balaban J connectivity index is 1.92. The highest BCUT2D eigenvalue weighted by Crippen LogP contribution is 2.19. The monoisotopic (exact) mass is 296 g/mol. The molecule has 0 fully saturated rings. The maximum atomic E-state index is 11.7. The van der Waals surface area contributed by atoms with E-state index in [9.17, 15) is 4.79 Å². The number of anilines is 1. The molecule has 7 heteroatoms. The molecule has 5 nitrogen and oxygen atoms in total. The molecule has 0 aliphatic heterocycles. The summed E-state index contributed by atoms with van der Waals surface area (Å²) in [6.07, 6.45) is 0.754.